The molecule has 0 radical (unpaired) electrons. The fourth-order valence-electron chi connectivity index (χ4n) is 2.36. The Bertz CT molecular complexity index is 318. The van der Waals surface area contributed by atoms with Crippen LogP contribution < -0.4 is 5.32 Å². The number of rotatable bonds is 3. The van der Waals surface area contributed by atoms with Gasteiger partial charge in [0.25, 0.3) is 0 Å². The quantitative estimate of drug-likeness (QED) is 0.819. The maximum Gasteiger partial charge on any atom is 0.0453 e. The first kappa shape index (κ1) is 11.0. The highest BCUT2D eigenvalue weighted by molar-refractivity contribution is 6.31. The predicted molar refractivity (Wildman–Crippen MR) is 65.3 cm³/mol. The third-order valence-electron chi connectivity index (χ3n) is 3.21. The molecule has 0 heterocycles. The summed E-state index contributed by atoms with van der Waals surface area (Å²) in [6, 6.07) is 9.15. The first-order valence-corrected chi connectivity index (χ1v) is 6.15. The lowest BCUT2D eigenvalue weighted by Crippen LogP contribution is -2.29. The number of halogens is 1. The molecule has 15 heavy (non-hydrogen) atoms. The highest BCUT2D eigenvalue weighted by Crippen LogP contribution is 2.25. The fraction of sp³-hybridized carbons (Fsp3) is 0.538. The number of nitrogens with one attached hydrogen (secondary N) is 1. The average molecular weight is 224 g/mol. The van der Waals surface area contributed by atoms with Crippen molar-refractivity contribution < 1.29 is 0 Å². The van der Waals surface area contributed by atoms with E-state index in [4.69, 9.17) is 11.6 Å². The van der Waals surface area contributed by atoms with Gasteiger partial charge in [0.1, 0.15) is 0 Å². The van der Waals surface area contributed by atoms with E-state index in [0.29, 0.717) is 12.1 Å². The maximum absolute atomic E-state index is 6.16. The third kappa shape index (κ3) is 2.73. The summed E-state index contributed by atoms with van der Waals surface area (Å²) in [5.41, 5.74) is 1.21. The van der Waals surface area contributed by atoms with Crippen molar-refractivity contribution in [3.05, 3.63) is 34.9 Å². The van der Waals surface area contributed by atoms with Gasteiger partial charge in [0.15, 0.2) is 0 Å². The van der Waals surface area contributed by atoms with Gasteiger partial charge in [-0.3, -0.25) is 0 Å². The molecule has 1 saturated carbocycles. The van der Waals surface area contributed by atoms with E-state index in [-0.39, 0.29) is 0 Å². The second kappa shape index (κ2) is 5.00. The molecule has 1 nitrogen and oxygen atoms in total. The summed E-state index contributed by atoms with van der Waals surface area (Å²) in [6.07, 6.45) is 5.36. The van der Waals surface area contributed by atoms with Crippen LogP contribution in [0, 0.1) is 0 Å². The van der Waals surface area contributed by atoms with E-state index in [1.165, 1.54) is 31.2 Å². The summed E-state index contributed by atoms with van der Waals surface area (Å²) in [6.45, 7) is 2.19. The standard InChI is InChI=1S/C13H18ClN/c1-10(15-11-6-2-3-7-11)12-8-4-5-9-13(12)14/h4-5,8-11,15H,2-3,6-7H2,1H3/t10-/m1/s1. The van der Waals surface area contributed by atoms with Crippen molar-refractivity contribution >= 4 is 11.6 Å². The van der Waals surface area contributed by atoms with Crippen molar-refractivity contribution in [3.63, 3.8) is 0 Å². The Morgan fingerprint density at radius 1 is 1.27 bits per heavy atom. The van der Waals surface area contributed by atoms with Crippen LogP contribution in [0.15, 0.2) is 24.3 Å². The van der Waals surface area contributed by atoms with Crippen LogP contribution in [-0.2, 0) is 0 Å². The molecule has 0 spiro atoms. The average Bonchev–Trinajstić information content (AvgIpc) is 2.71. The Labute approximate surface area is 96.8 Å². The maximum atomic E-state index is 6.16. The molecular formula is C13H18ClN. The first-order valence-electron chi connectivity index (χ1n) is 5.78. The Morgan fingerprint density at radius 2 is 1.93 bits per heavy atom. The van der Waals surface area contributed by atoms with Crippen molar-refractivity contribution in [3.8, 4) is 0 Å². The predicted octanol–water partition coefficient (Wildman–Crippen LogP) is 3.93. The van der Waals surface area contributed by atoms with Crippen LogP contribution in [-0.4, -0.2) is 6.04 Å². The van der Waals surface area contributed by atoms with Crippen LogP contribution in [0.4, 0.5) is 0 Å². The van der Waals surface area contributed by atoms with E-state index in [0.717, 1.165) is 5.02 Å². The molecule has 1 aromatic carbocycles. The van der Waals surface area contributed by atoms with Crippen LogP contribution in [0.25, 0.3) is 0 Å². The minimum Gasteiger partial charge on any atom is -0.307 e. The highest BCUT2D eigenvalue weighted by atomic mass is 35.5. The summed E-state index contributed by atoms with van der Waals surface area (Å²) < 4.78 is 0. The van der Waals surface area contributed by atoms with Gasteiger partial charge in [0.2, 0.25) is 0 Å². The van der Waals surface area contributed by atoms with Crippen LogP contribution in [0.3, 0.4) is 0 Å². The zero-order chi connectivity index (χ0) is 10.7. The third-order valence-corrected chi connectivity index (χ3v) is 3.56. The van der Waals surface area contributed by atoms with Gasteiger partial charge in [-0.15, -0.1) is 0 Å². The minimum atomic E-state index is 0.363. The van der Waals surface area contributed by atoms with E-state index >= 15 is 0 Å². The zero-order valence-electron chi connectivity index (χ0n) is 9.17. The smallest absolute Gasteiger partial charge is 0.0453 e. The zero-order valence-corrected chi connectivity index (χ0v) is 9.93. The van der Waals surface area contributed by atoms with E-state index in [2.05, 4.69) is 18.3 Å². The van der Waals surface area contributed by atoms with Gasteiger partial charge in [-0.25, -0.2) is 0 Å². The van der Waals surface area contributed by atoms with Gasteiger partial charge < -0.3 is 5.32 Å². The summed E-state index contributed by atoms with van der Waals surface area (Å²) in [5.74, 6) is 0. The van der Waals surface area contributed by atoms with Gasteiger partial charge in [-0.2, -0.15) is 0 Å². The van der Waals surface area contributed by atoms with Crippen molar-refractivity contribution in [2.45, 2.75) is 44.7 Å². The molecule has 1 aromatic rings. The fourth-order valence-corrected chi connectivity index (χ4v) is 2.66. The molecule has 0 aliphatic heterocycles. The summed E-state index contributed by atoms with van der Waals surface area (Å²) in [4.78, 5) is 0. The summed E-state index contributed by atoms with van der Waals surface area (Å²) in [5, 5.41) is 4.52. The Balaban J connectivity index is 2.00. The van der Waals surface area contributed by atoms with Crippen LogP contribution in [0.2, 0.25) is 5.02 Å². The molecule has 1 N–H and O–H groups in total. The first-order chi connectivity index (χ1) is 7.27. The SMILES string of the molecule is C[C@@H](NC1CCCC1)c1ccccc1Cl. The minimum absolute atomic E-state index is 0.363. The molecule has 1 aliphatic rings. The second-order valence-electron chi connectivity index (χ2n) is 4.39. The lowest BCUT2D eigenvalue weighted by molar-refractivity contribution is 0.461. The summed E-state index contributed by atoms with van der Waals surface area (Å²) >= 11 is 6.16. The molecular weight excluding hydrogens is 206 g/mol. The van der Waals surface area contributed by atoms with E-state index in [1.807, 2.05) is 18.2 Å². The largest absolute Gasteiger partial charge is 0.307 e. The van der Waals surface area contributed by atoms with Gasteiger partial charge in [-0.05, 0) is 31.4 Å². The normalized spacial score (nSPS) is 19.3. The molecule has 1 atom stereocenters. The lowest BCUT2D eigenvalue weighted by Gasteiger charge is -2.20. The number of hydrogen-bond acceptors (Lipinski definition) is 1. The molecule has 82 valence electrons. The van der Waals surface area contributed by atoms with E-state index in [9.17, 15) is 0 Å². The van der Waals surface area contributed by atoms with Gasteiger partial charge in [0.05, 0.1) is 0 Å². The van der Waals surface area contributed by atoms with Crippen LogP contribution in [0.1, 0.15) is 44.2 Å². The van der Waals surface area contributed by atoms with Crippen LogP contribution >= 0.6 is 11.6 Å². The van der Waals surface area contributed by atoms with Crippen molar-refractivity contribution in [1.29, 1.82) is 0 Å². The molecule has 0 saturated heterocycles. The molecule has 0 aromatic heterocycles. The van der Waals surface area contributed by atoms with Crippen molar-refractivity contribution in [1.82, 2.24) is 5.32 Å². The van der Waals surface area contributed by atoms with E-state index in [1.54, 1.807) is 0 Å². The monoisotopic (exact) mass is 223 g/mol. The Morgan fingerprint density at radius 3 is 2.60 bits per heavy atom. The molecule has 1 fully saturated rings. The molecule has 2 heteroatoms. The van der Waals surface area contributed by atoms with Gasteiger partial charge in [0, 0.05) is 17.1 Å². The summed E-state index contributed by atoms with van der Waals surface area (Å²) in [7, 11) is 0. The Kier molecular flexibility index (Phi) is 3.66. The van der Waals surface area contributed by atoms with Crippen molar-refractivity contribution in [2.24, 2.45) is 0 Å². The molecule has 2 rings (SSSR count). The van der Waals surface area contributed by atoms with Crippen LogP contribution in [0.5, 0.6) is 0 Å². The molecule has 1 aliphatic carbocycles. The lowest BCUT2D eigenvalue weighted by atomic mass is 10.1. The van der Waals surface area contributed by atoms with Gasteiger partial charge in [-0.1, -0.05) is 42.6 Å². The number of hydrogen-bond donors (Lipinski definition) is 1. The highest BCUT2D eigenvalue weighted by Gasteiger charge is 2.18. The Hall–Kier alpha value is -0.530. The topological polar surface area (TPSA) is 12.0 Å². The number of benzene rings is 1. The molecule has 0 unspecified atom stereocenters. The second-order valence-corrected chi connectivity index (χ2v) is 4.80. The van der Waals surface area contributed by atoms with Crippen molar-refractivity contribution in [2.75, 3.05) is 0 Å². The van der Waals surface area contributed by atoms with Gasteiger partial charge >= 0.3 is 0 Å². The van der Waals surface area contributed by atoms with E-state index < -0.39 is 0 Å². The molecule has 0 bridgehead atoms. The molecule has 0 amide bonds.